The van der Waals surface area contributed by atoms with E-state index in [4.69, 9.17) is 15.2 Å². The van der Waals surface area contributed by atoms with Gasteiger partial charge in [0.2, 0.25) is 5.91 Å². The van der Waals surface area contributed by atoms with Crippen molar-refractivity contribution in [2.75, 3.05) is 25.1 Å². The molecule has 0 saturated heterocycles. The molecule has 3 rings (SSSR count). The summed E-state index contributed by atoms with van der Waals surface area (Å²) < 4.78 is 11.1. The molecule has 0 unspecified atom stereocenters. The van der Waals surface area contributed by atoms with E-state index in [9.17, 15) is 4.79 Å². The molecular weight excluding hydrogens is 365 g/mol. The Kier molecular flexibility index (Phi) is 8.48. The van der Waals surface area contributed by atoms with E-state index in [0.717, 1.165) is 17.0 Å². The number of nitrogens with zero attached hydrogens (tertiary/aromatic N) is 1. The number of nitrogens with two attached hydrogens (primary N) is 1. The van der Waals surface area contributed by atoms with Gasteiger partial charge in [0.15, 0.2) is 11.5 Å². The summed E-state index contributed by atoms with van der Waals surface area (Å²) in [4.78, 5) is 16.2. The molecule has 1 aliphatic rings. The van der Waals surface area contributed by atoms with Crippen LogP contribution in [0.2, 0.25) is 0 Å². The first-order valence-corrected chi connectivity index (χ1v) is 7.63. The Hall–Kier alpha value is -2.02. The van der Waals surface area contributed by atoms with Crippen LogP contribution in [0.4, 0.5) is 5.82 Å². The van der Waals surface area contributed by atoms with Gasteiger partial charge in [-0.25, -0.2) is 4.98 Å². The van der Waals surface area contributed by atoms with E-state index in [1.807, 2.05) is 30.3 Å². The predicted molar refractivity (Wildman–Crippen MR) is 102 cm³/mol. The highest BCUT2D eigenvalue weighted by atomic mass is 35.5. The smallest absolute Gasteiger partial charge is 0.225 e. The molecule has 25 heavy (non-hydrogen) atoms. The molecule has 6 nitrogen and oxygen atoms in total. The van der Waals surface area contributed by atoms with Gasteiger partial charge in [0.05, 0.1) is 5.69 Å². The van der Waals surface area contributed by atoms with E-state index in [1.165, 1.54) is 0 Å². The second-order valence-electron chi connectivity index (χ2n) is 5.21. The number of aromatic nitrogens is 1. The van der Waals surface area contributed by atoms with Gasteiger partial charge in [0.25, 0.3) is 0 Å². The Balaban J connectivity index is 0.00000156. The van der Waals surface area contributed by atoms with Crippen LogP contribution in [0.5, 0.6) is 11.5 Å². The van der Waals surface area contributed by atoms with Crippen LogP contribution in [-0.4, -0.2) is 30.6 Å². The van der Waals surface area contributed by atoms with Gasteiger partial charge in [-0.05, 0) is 43.3 Å². The maximum Gasteiger partial charge on any atom is 0.225 e. The van der Waals surface area contributed by atoms with Gasteiger partial charge in [-0.15, -0.1) is 24.8 Å². The molecule has 0 spiro atoms. The van der Waals surface area contributed by atoms with E-state index >= 15 is 0 Å². The molecule has 1 aliphatic heterocycles. The number of ether oxygens (including phenoxy) is 2. The third kappa shape index (κ3) is 5.49. The minimum Gasteiger partial charge on any atom is -0.486 e. The standard InChI is InChI=1S/C17H19N3O3.2ClH/c18-8-2-5-17(21)20-16-4-1-3-13(19-16)12-6-7-14-15(11-12)23-10-9-22-14;;/h1,3-4,6-7,11H,2,5,8-10,18H2,(H,19,20,21);2*1H. The molecular formula is C17H21Cl2N3O3. The largest absolute Gasteiger partial charge is 0.486 e. The number of carbonyl (C=O) groups excluding carboxylic acids is 1. The lowest BCUT2D eigenvalue weighted by molar-refractivity contribution is -0.116. The molecule has 2 heterocycles. The predicted octanol–water partition coefficient (Wildman–Crippen LogP) is 3.04. The minimum atomic E-state index is -0.0812. The number of hydrogen-bond acceptors (Lipinski definition) is 5. The molecule has 2 aromatic rings. The summed E-state index contributed by atoms with van der Waals surface area (Å²) in [6, 6.07) is 11.2. The van der Waals surface area contributed by atoms with Gasteiger partial charge in [-0.2, -0.15) is 0 Å². The van der Waals surface area contributed by atoms with Crippen LogP contribution in [0.3, 0.4) is 0 Å². The van der Waals surface area contributed by atoms with Gasteiger partial charge in [-0.1, -0.05) is 6.07 Å². The summed E-state index contributed by atoms with van der Waals surface area (Å²) in [6.07, 6.45) is 1.06. The minimum absolute atomic E-state index is 0. The number of fused-ring (bicyclic) bond motifs is 1. The average molecular weight is 386 g/mol. The number of nitrogens with one attached hydrogen (secondary N) is 1. The summed E-state index contributed by atoms with van der Waals surface area (Å²) >= 11 is 0. The van der Waals surface area contributed by atoms with Gasteiger partial charge in [0, 0.05) is 12.0 Å². The number of halogens is 2. The van der Waals surface area contributed by atoms with Crippen molar-refractivity contribution in [1.29, 1.82) is 0 Å². The van der Waals surface area contributed by atoms with Crippen molar-refractivity contribution in [3.05, 3.63) is 36.4 Å². The number of carbonyl (C=O) groups is 1. The first-order valence-electron chi connectivity index (χ1n) is 7.63. The Morgan fingerprint density at radius 2 is 1.88 bits per heavy atom. The first kappa shape index (κ1) is 21.0. The fourth-order valence-electron chi connectivity index (χ4n) is 2.34. The maximum absolute atomic E-state index is 11.8. The summed E-state index contributed by atoms with van der Waals surface area (Å²) in [5.41, 5.74) is 7.08. The Bertz CT molecular complexity index is 713. The van der Waals surface area contributed by atoms with Crippen LogP contribution >= 0.6 is 24.8 Å². The SMILES string of the molecule is Cl.Cl.NCCCC(=O)Nc1cccc(-c2ccc3c(c2)OCCO3)n1. The van der Waals surface area contributed by atoms with E-state index in [-0.39, 0.29) is 30.7 Å². The third-order valence-electron chi connectivity index (χ3n) is 3.46. The van der Waals surface area contributed by atoms with Crippen molar-refractivity contribution in [2.24, 2.45) is 5.73 Å². The van der Waals surface area contributed by atoms with Crippen LogP contribution in [0.15, 0.2) is 36.4 Å². The summed E-state index contributed by atoms with van der Waals surface area (Å²) in [5, 5.41) is 2.79. The van der Waals surface area contributed by atoms with E-state index in [2.05, 4.69) is 10.3 Å². The Morgan fingerprint density at radius 1 is 1.12 bits per heavy atom. The maximum atomic E-state index is 11.8. The molecule has 3 N–H and O–H groups in total. The molecule has 0 aliphatic carbocycles. The normalized spacial score (nSPS) is 11.7. The average Bonchev–Trinajstić information content (AvgIpc) is 2.60. The molecule has 1 amide bonds. The zero-order valence-electron chi connectivity index (χ0n) is 13.6. The second-order valence-corrected chi connectivity index (χ2v) is 5.21. The van der Waals surface area contributed by atoms with Crippen molar-refractivity contribution in [2.45, 2.75) is 12.8 Å². The van der Waals surface area contributed by atoms with E-state index in [1.54, 1.807) is 6.07 Å². The number of pyridine rings is 1. The van der Waals surface area contributed by atoms with Gasteiger partial charge in [0.1, 0.15) is 19.0 Å². The van der Waals surface area contributed by atoms with Crippen LogP contribution in [0, 0.1) is 0 Å². The van der Waals surface area contributed by atoms with Crippen LogP contribution in [0.25, 0.3) is 11.3 Å². The molecule has 136 valence electrons. The highest BCUT2D eigenvalue weighted by Gasteiger charge is 2.13. The van der Waals surface area contributed by atoms with E-state index < -0.39 is 0 Å². The lowest BCUT2D eigenvalue weighted by atomic mass is 10.1. The zero-order valence-corrected chi connectivity index (χ0v) is 15.2. The molecule has 0 radical (unpaired) electrons. The van der Waals surface area contributed by atoms with Crippen molar-refractivity contribution >= 4 is 36.5 Å². The molecule has 0 bridgehead atoms. The van der Waals surface area contributed by atoms with Gasteiger partial charge >= 0.3 is 0 Å². The molecule has 8 heteroatoms. The van der Waals surface area contributed by atoms with Gasteiger partial charge in [-0.3, -0.25) is 4.79 Å². The third-order valence-corrected chi connectivity index (χ3v) is 3.46. The second kappa shape index (κ2) is 10.1. The van der Waals surface area contributed by atoms with Crippen LogP contribution < -0.4 is 20.5 Å². The lowest BCUT2D eigenvalue weighted by Gasteiger charge is -2.18. The lowest BCUT2D eigenvalue weighted by Crippen LogP contribution is -2.15. The highest BCUT2D eigenvalue weighted by molar-refractivity contribution is 5.90. The zero-order chi connectivity index (χ0) is 16.1. The van der Waals surface area contributed by atoms with Crippen LogP contribution in [0.1, 0.15) is 12.8 Å². The summed E-state index contributed by atoms with van der Waals surface area (Å²) in [5.74, 6) is 1.90. The topological polar surface area (TPSA) is 86.5 Å². The van der Waals surface area contributed by atoms with Crippen molar-refractivity contribution in [1.82, 2.24) is 4.98 Å². The molecule has 0 saturated carbocycles. The number of amides is 1. The fraction of sp³-hybridized carbons (Fsp3) is 0.294. The molecule has 1 aromatic carbocycles. The number of hydrogen-bond donors (Lipinski definition) is 2. The monoisotopic (exact) mass is 385 g/mol. The summed E-state index contributed by atoms with van der Waals surface area (Å²) in [7, 11) is 0. The molecule has 0 fully saturated rings. The van der Waals surface area contributed by atoms with E-state index in [0.29, 0.717) is 44.2 Å². The van der Waals surface area contributed by atoms with Crippen molar-refractivity contribution in [3.8, 4) is 22.8 Å². The highest BCUT2D eigenvalue weighted by Crippen LogP contribution is 2.34. The number of anilines is 1. The molecule has 1 aromatic heterocycles. The number of benzene rings is 1. The quantitative estimate of drug-likeness (QED) is 0.825. The Morgan fingerprint density at radius 3 is 2.64 bits per heavy atom. The Labute approximate surface area is 158 Å². The first-order chi connectivity index (χ1) is 11.3. The number of rotatable bonds is 5. The van der Waals surface area contributed by atoms with Crippen molar-refractivity contribution in [3.63, 3.8) is 0 Å². The fourth-order valence-corrected chi connectivity index (χ4v) is 2.34. The summed E-state index contributed by atoms with van der Waals surface area (Å²) in [6.45, 7) is 1.61. The van der Waals surface area contributed by atoms with Crippen molar-refractivity contribution < 1.29 is 14.3 Å². The van der Waals surface area contributed by atoms with Crippen LogP contribution in [-0.2, 0) is 4.79 Å². The molecule has 0 atom stereocenters. The van der Waals surface area contributed by atoms with Gasteiger partial charge < -0.3 is 20.5 Å².